The van der Waals surface area contributed by atoms with E-state index in [4.69, 9.17) is 10.5 Å². The van der Waals surface area contributed by atoms with Crippen LogP contribution in [0.1, 0.15) is 17.5 Å². The van der Waals surface area contributed by atoms with E-state index in [0.29, 0.717) is 25.1 Å². The van der Waals surface area contributed by atoms with Gasteiger partial charge in [-0.05, 0) is 35.4 Å². The smallest absolute Gasteiger partial charge is 0.225 e. The minimum atomic E-state index is -0.0604. The first-order valence-electron chi connectivity index (χ1n) is 9.88. The van der Waals surface area contributed by atoms with Crippen LogP contribution in [0.2, 0.25) is 0 Å². The van der Waals surface area contributed by atoms with Gasteiger partial charge in [0.15, 0.2) is 0 Å². The highest BCUT2D eigenvalue weighted by Gasteiger charge is 2.12. The lowest BCUT2D eigenvalue weighted by molar-refractivity contribution is -0.120. The van der Waals surface area contributed by atoms with Gasteiger partial charge in [-0.2, -0.15) is 0 Å². The molecule has 2 amide bonds. The summed E-state index contributed by atoms with van der Waals surface area (Å²) in [6.07, 6.45) is 0.751. The molecule has 0 unspecified atom stereocenters. The molecular formula is C22H30Cl2N4O3. The molecule has 0 bridgehead atoms. The Morgan fingerprint density at radius 1 is 0.968 bits per heavy atom. The molecule has 0 radical (unpaired) electrons. The SMILES string of the molecule is Cl.Cl.Nc1ccc(CC(=O)NCc2cccc(NC(=O)CCN3CCOCC3)c2)cc1. The molecule has 31 heavy (non-hydrogen) atoms. The molecule has 7 nitrogen and oxygen atoms in total. The molecule has 1 fully saturated rings. The molecule has 3 rings (SSSR count). The zero-order valence-corrected chi connectivity index (χ0v) is 19.0. The molecule has 0 atom stereocenters. The van der Waals surface area contributed by atoms with Gasteiger partial charge in [0.2, 0.25) is 11.8 Å². The van der Waals surface area contributed by atoms with Gasteiger partial charge < -0.3 is 21.1 Å². The van der Waals surface area contributed by atoms with Gasteiger partial charge in [-0.3, -0.25) is 14.5 Å². The standard InChI is InChI=1S/C22H28N4O3.2ClH/c23-19-6-4-17(5-7-19)15-22(28)24-16-18-2-1-3-20(14-18)25-21(27)8-9-26-10-12-29-13-11-26;;/h1-7,14H,8-13,15-16,23H2,(H,24,28)(H,25,27);2*1H. The van der Waals surface area contributed by atoms with E-state index in [2.05, 4.69) is 15.5 Å². The number of nitrogen functional groups attached to an aromatic ring is 1. The molecule has 0 aliphatic carbocycles. The van der Waals surface area contributed by atoms with Gasteiger partial charge in [0.05, 0.1) is 19.6 Å². The van der Waals surface area contributed by atoms with Crippen LogP contribution in [0.3, 0.4) is 0 Å². The Morgan fingerprint density at radius 3 is 2.39 bits per heavy atom. The van der Waals surface area contributed by atoms with Gasteiger partial charge in [-0.1, -0.05) is 24.3 Å². The number of benzene rings is 2. The summed E-state index contributed by atoms with van der Waals surface area (Å²) in [6.45, 7) is 4.35. The lowest BCUT2D eigenvalue weighted by atomic mass is 10.1. The molecular weight excluding hydrogens is 439 g/mol. The van der Waals surface area contributed by atoms with Gasteiger partial charge in [-0.25, -0.2) is 0 Å². The topological polar surface area (TPSA) is 96.7 Å². The first-order chi connectivity index (χ1) is 14.1. The molecule has 4 N–H and O–H groups in total. The number of carbonyl (C=O) groups is 2. The van der Waals surface area contributed by atoms with Gasteiger partial charge in [-0.15, -0.1) is 24.8 Å². The van der Waals surface area contributed by atoms with Crippen LogP contribution in [0.5, 0.6) is 0 Å². The number of nitrogens with zero attached hydrogens (tertiary/aromatic N) is 1. The molecule has 0 spiro atoms. The van der Waals surface area contributed by atoms with Crippen LogP contribution >= 0.6 is 24.8 Å². The van der Waals surface area contributed by atoms with E-state index in [1.807, 2.05) is 36.4 Å². The van der Waals surface area contributed by atoms with Crippen molar-refractivity contribution in [2.24, 2.45) is 0 Å². The third kappa shape index (κ3) is 9.57. The number of carbonyl (C=O) groups excluding carboxylic acids is 2. The van der Waals surface area contributed by atoms with Gasteiger partial charge in [0, 0.05) is 44.0 Å². The number of amides is 2. The van der Waals surface area contributed by atoms with Gasteiger partial charge >= 0.3 is 0 Å². The number of nitrogens with two attached hydrogens (primary N) is 1. The Labute approximate surface area is 195 Å². The van der Waals surface area contributed by atoms with E-state index >= 15 is 0 Å². The predicted octanol–water partition coefficient (Wildman–Crippen LogP) is 2.63. The fourth-order valence-corrected chi connectivity index (χ4v) is 3.15. The van der Waals surface area contributed by atoms with Crippen LogP contribution in [-0.4, -0.2) is 49.6 Å². The maximum absolute atomic E-state index is 12.2. The Hall–Kier alpha value is -2.32. The van der Waals surface area contributed by atoms with Crippen molar-refractivity contribution in [1.29, 1.82) is 0 Å². The van der Waals surface area contributed by atoms with Crippen molar-refractivity contribution in [2.75, 3.05) is 43.9 Å². The van der Waals surface area contributed by atoms with E-state index in [0.717, 1.165) is 49.7 Å². The number of hydrogen-bond acceptors (Lipinski definition) is 5. The first-order valence-corrected chi connectivity index (χ1v) is 9.88. The minimum Gasteiger partial charge on any atom is -0.399 e. The normalized spacial score (nSPS) is 13.4. The third-order valence-corrected chi connectivity index (χ3v) is 4.80. The van der Waals surface area contributed by atoms with E-state index < -0.39 is 0 Å². The second kappa shape index (κ2) is 13.9. The number of anilines is 2. The Balaban J connectivity index is 0.00000240. The van der Waals surface area contributed by atoms with Crippen LogP contribution < -0.4 is 16.4 Å². The first kappa shape index (κ1) is 26.7. The summed E-state index contributed by atoms with van der Waals surface area (Å²) in [5.41, 5.74) is 8.92. The summed E-state index contributed by atoms with van der Waals surface area (Å²) in [5, 5.41) is 5.84. The molecule has 0 saturated carbocycles. The molecule has 1 aliphatic heterocycles. The van der Waals surface area contributed by atoms with E-state index in [1.165, 1.54) is 0 Å². The van der Waals surface area contributed by atoms with E-state index in [-0.39, 0.29) is 36.6 Å². The number of hydrogen-bond donors (Lipinski definition) is 3. The van der Waals surface area contributed by atoms with Crippen LogP contribution in [0.15, 0.2) is 48.5 Å². The summed E-state index contributed by atoms with van der Waals surface area (Å²) < 4.78 is 5.32. The molecule has 9 heteroatoms. The zero-order valence-electron chi connectivity index (χ0n) is 17.3. The van der Waals surface area contributed by atoms with Crippen molar-refractivity contribution < 1.29 is 14.3 Å². The highest BCUT2D eigenvalue weighted by Crippen LogP contribution is 2.12. The second-order valence-corrected chi connectivity index (χ2v) is 7.15. The van der Waals surface area contributed by atoms with Crippen LogP contribution in [0, 0.1) is 0 Å². The summed E-state index contributed by atoms with van der Waals surface area (Å²) in [5.74, 6) is -0.0734. The van der Waals surface area contributed by atoms with E-state index in [9.17, 15) is 9.59 Å². The number of nitrogens with one attached hydrogen (secondary N) is 2. The van der Waals surface area contributed by atoms with Crippen molar-refractivity contribution >= 4 is 48.0 Å². The van der Waals surface area contributed by atoms with Crippen molar-refractivity contribution in [3.8, 4) is 0 Å². The van der Waals surface area contributed by atoms with Crippen molar-refractivity contribution in [3.63, 3.8) is 0 Å². The lowest BCUT2D eigenvalue weighted by Gasteiger charge is -2.26. The minimum absolute atomic E-state index is 0. The highest BCUT2D eigenvalue weighted by atomic mass is 35.5. The average molecular weight is 469 g/mol. The van der Waals surface area contributed by atoms with Crippen molar-refractivity contribution in [1.82, 2.24) is 10.2 Å². The zero-order chi connectivity index (χ0) is 20.5. The molecule has 1 saturated heterocycles. The molecule has 2 aromatic carbocycles. The highest BCUT2D eigenvalue weighted by molar-refractivity contribution is 5.90. The second-order valence-electron chi connectivity index (χ2n) is 7.15. The fourth-order valence-electron chi connectivity index (χ4n) is 3.15. The predicted molar refractivity (Wildman–Crippen MR) is 128 cm³/mol. The van der Waals surface area contributed by atoms with Gasteiger partial charge in [0.25, 0.3) is 0 Å². The maximum Gasteiger partial charge on any atom is 0.225 e. The summed E-state index contributed by atoms with van der Waals surface area (Å²) >= 11 is 0. The molecule has 0 aromatic heterocycles. The molecule has 1 heterocycles. The Bertz CT molecular complexity index is 828. The van der Waals surface area contributed by atoms with Crippen molar-refractivity contribution in [3.05, 3.63) is 59.7 Å². The number of halogens is 2. The number of rotatable bonds is 8. The van der Waals surface area contributed by atoms with Crippen LogP contribution in [0.25, 0.3) is 0 Å². The number of ether oxygens (including phenoxy) is 1. The summed E-state index contributed by atoms with van der Waals surface area (Å²) in [4.78, 5) is 26.6. The van der Waals surface area contributed by atoms with Crippen molar-refractivity contribution in [2.45, 2.75) is 19.4 Å². The third-order valence-electron chi connectivity index (χ3n) is 4.80. The van der Waals surface area contributed by atoms with Gasteiger partial charge in [0.1, 0.15) is 0 Å². The average Bonchev–Trinajstić information content (AvgIpc) is 2.73. The van der Waals surface area contributed by atoms with Crippen LogP contribution in [0.4, 0.5) is 11.4 Å². The quantitative estimate of drug-likeness (QED) is 0.517. The molecule has 170 valence electrons. The number of morpholine rings is 1. The summed E-state index contributed by atoms with van der Waals surface area (Å²) in [7, 11) is 0. The fraction of sp³-hybridized carbons (Fsp3) is 0.364. The Kier molecular flexibility index (Phi) is 12.0. The maximum atomic E-state index is 12.2. The van der Waals surface area contributed by atoms with E-state index in [1.54, 1.807) is 12.1 Å². The Morgan fingerprint density at radius 2 is 1.68 bits per heavy atom. The largest absolute Gasteiger partial charge is 0.399 e. The summed E-state index contributed by atoms with van der Waals surface area (Å²) in [6, 6.07) is 14.8. The van der Waals surface area contributed by atoms with Crippen LogP contribution in [-0.2, 0) is 27.3 Å². The molecule has 2 aromatic rings. The monoisotopic (exact) mass is 468 g/mol. The lowest BCUT2D eigenvalue weighted by Crippen LogP contribution is -2.38. The molecule has 1 aliphatic rings.